The first kappa shape index (κ1) is 18.0. The molecule has 0 bridgehead atoms. The highest BCUT2D eigenvalue weighted by molar-refractivity contribution is 5.73. The van der Waals surface area contributed by atoms with Crippen LogP contribution in [0.25, 0.3) is 5.57 Å². The Morgan fingerprint density at radius 2 is 2.08 bits per heavy atom. The van der Waals surface area contributed by atoms with Crippen LogP contribution < -0.4 is 0 Å². The van der Waals surface area contributed by atoms with E-state index in [1.807, 2.05) is 39.8 Å². The van der Waals surface area contributed by atoms with Crippen molar-refractivity contribution in [3.8, 4) is 0 Å². The maximum Gasteiger partial charge on any atom is 0.410 e. The molecule has 2 rings (SSSR count). The summed E-state index contributed by atoms with van der Waals surface area (Å²) in [6.07, 6.45) is 3.96. The van der Waals surface area contributed by atoms with Crippen molar-refractivity contribution in [2.45, 2.75) is 46.1 Å². The van der Waals surface area contributed by atoms with E-state index in [4.69, 9.17) is 9.84 Å². The monoisotopic (exact) mass is 332 g/mol. The van der Waals surface area contributed by atoms with Gasteiger partial charge in [0.05, 0.1) is 12.1 Å². The predicted molar refractivity (Wildman–Crippen MR) is 90.7 cm³/mol. The Morgan fingerprint density at radius 3 is 2.58 bits per heavy atom. The number of aromatic nitrogens is 1. The lowest BCUT2D eigenvalue weighted by atomic mass is 9.99. The summed E-state index contributed by atoms with van der Waals surface area (Å²) in [4.78, 5) is 28.9. The van der Waals surface area contributed by atoms with Gasteiger partial charge in [-0.3, -0.25) is 9.78 Å². The van der Waals surface area contributed by atoms with Crippen LogP contribution in [0.15, 0.2) is 18.3 Å². The molecule has 0 spiro atoms. The number of rotatable bonds is 3. The molecule has 24 heavy (non-hydrogen) atoms. The van der Waals surface area contributed by atoms with Crippen LogP contribution in [0.5, 0.6) is 0 Å². The Balaban J connectivity index is 2.07. The van der Waals surface area contributed by atoms with Gasteiger partial charge in [0.25, 0.3) is 0 Å². The van der Waals surface area contributed by atoms with Crippen LogP contribution >= 0.6 is 0 Å². The maximum absolute atomic E-state index is 12.1. The minimum absolute atomic E-state index is 0.0282. The lowest BCUT2D eigenvalue weighted by Crippen LogP contribution is -2.39. The number of carboxylic acid groups (broad SMARTS) is 1. The van der Waals surface area contributed by atoms with Crippen molar-refractivity contribution in [3.05, 3.63) is 35.2 Å². The summed E-state index contributed by atoms with van der Waals surface area (Å²) in [5.74, 6) is -0.867. The van der Waals surface area contributed by atoms with Crippen LogP contribution in [0, 0.1) is 6.92 Å². The van der Waals surface area contributed by atoms with E-state index in [1.165, 1.54) is 0 Å². The van der Waals surface area contributed by atoms with Crippen molar-refractivity contribution in [1.29, 1.82) is 0 Å². The normalized spacial score (nSPS) is 15.0. The van der Waals surface area contributed by atoms with E-state index in [2.05, 4.69) is 4.98 Å². The smallest absolute Gasteiger partial charge is 0.410 e. The average molecular weight is 332 g/mol. The zero-order valence-corrected chi connectivity index (χ0v) is 14.6. The fraction of sp³-hybridized carbons (Fsp3) is 0.500. The molecule has 0 saturated heterocycles. The second-order valence-electron chi connectivity index (χ2n) is 6.99. The van der Waals surface area contributed by atoms with Crippen LogP contribution in [-0.4, -0.2) is 45.7 Å². The molecular formula is C18H24N2O4. The Morgan fingerprint density at radius 1 is 1.38 bits per heavy atom. The van der Waals surface area contributed by atoms with Crippen molar-refractivity contribution >= 4 is 17.6 Å². The highest BCUT2D eigenvalue weighted by Crippen LogP contribution is 2.25. The zero-order chi connectivity index (χ0) is 17.9. The Hall–Kier alpha value is -2.37. The van der Waals surface area contributed by atoms with E-state index in [0.717, 1.165) is 16.8 Å². The molecule has 0 radical (unpaired) electrons. The first-order valence-electron chi connectivity index (χ1n) is 8.00. The lowest BCUT2D eigenvalue weighted by molar-refractivity contribution is -0.136. The molecule has 0 fully saturated rings. The van der Waals surface area contributed by atoms with Crippen molar-refractivity contribution in [2.75, 3.05) is 13.1 Å². The number of hydrogen-bond acceptors (Lipinski definition) is 4. The van der Waals surface area contributed by atoms with Crippen LogP contribution in [0.1, 0.15) is 44.0 Å². The van der Waals surface area contributed by atoms with E-state index >= 15 is 0 Å². The third-order valence-electron chi connectivity index (χ3n) is 3.66. The molecule has 1 amide bonds. The lowest BCUT2D eigenvalue weighted by Gasteiger charge is -2.29. The molecule has 130 valence electrons. The van der Waals surface area contributed by atoms with E-state index < -0.39 is 11.6 Å². The van der Waals surface area contributed by atoms with Gasteiger partial charge in [0, 0.05) is 19.3 Å². The van der Waals surface area contributed by atoms with Crippen LogP contribution in [0.4, 0.5) is 4.79 Å². The molecule has 0 aliphatic carbocycles. The summed E-state index contributed by atoms with van der Waals surface area (Å²) in [7, 11) is 0. The van der Waals surface area contributed by atoms with Gasteiger partial charge in [-0.2, -0.15) is 0 Å². The standard InChI is InChI=1S/C18H24N2O4/c1-12-9-13(10-15(21)22)11-19-16(12)14-5-7-20(8-6-14)17(23)24-18(2,3)4/h5,9,11H,6-8,10H2,1-4H3,(H,21,22). The molecular weight excluding hydrogens is 308 g/mol. The number of nitrogens with zero attached hydrogens (tertiary/aromatic N) is 2. The SMILES string of the molecule is Cc1cc(CC(=O)O)cnc1C1=CCN(C(=O)OC(C)(C)C)CC1. The second-order valence-corrected chi connectivity index (χ2v) is 6.99. The van der Waals surface area contributed by atoms with Crippen molar-refractivity contribution in [1.82, 2.24) is 9.88 Å². The van der Waals surface area contributed by atoms with Crippen molar-refractivity contribution in [2.24, 2.45) is 0 Å². The first-order chi connectivity index (χ1) is 11.2. The number of aliphatic carboxylic acids is 1. The van der Waals surface area contributed by atoms with Gasteiger partial charge in [-0.05, 0) is 50.8 Å². The number of carboxylic acids is 1. The van der Waals surface area contributed by atoms with Gasteiger partial charge in [-0.1, -0.05) is 12.1 Å². The van der Waals surface area contributed by atoms with Gasteiger partial charge in [0.2, 0.25) is 0 Å². The van der Waals surface area contributed by atoms with Crippen LogP contribution in [0.2, 0.25) is 0 Å². The van der Waals surface area contributed by atoms with Crippen LogP contribution in [-0.2, 0) is 16.0 Å². The fourth-order valence-corrected chi connectivity index (χ4v) is 2.62. The van der Waals surface area contributed by atoms with Crippen molar-refractivity contribution in [3.63, 3.8) is 0 Å². The van der Waals surface area contributed by atoms with Gasteiger partial charge < -0.3 is 14.7 Å². The largest absolute Gasteiger partial charge is 0.481 e. The van der Waals surface area contributed by atoms with Crippen molar-refractivity contribution < 1.29 is 19.4 Å². The van der Waals surface area contributed by atoms with Gasteiger partial charge in [-0.15, -0.1) is 0 Å². The number of pyridine rings is 1. The Kier molecular flexibility index (Phi) is 5.26. The summed E-state index contributed by atoms with van der Waals surface area (Å²) in [5, 5.41) is 8.85. The van der Waals surface area contributed by atoms with Gasteiger partial charge in [0.15, 0.2) is 0 Å². The highest BCUT2D eigenvalue weighted by atomic mass is 16.6. The molecule has 6 heteroatoms. The van der Waals surface area contributed by atoms with E-state index in [9.17, 15) is 9.59 Å². The number of carbonyl (C=O) groups is 2. The molecule has 0 saturated carbocycles. The number of aryl methyl sites for hydroxylation is 1. The first-order valence-corrected chi connectivity index (χ1v) is 8.00. The molecule has 0 unspecified atom stereocenters. The molecule has 2 heterocycles. The van der Waals surface area contributed by atoms with E-state index in [0.29, 0.717) is 25.1 Å². The molecule has 1 aromatic rings. The Labute approximate surface area is 142 Å². The number of carbonyl (C=O) groups excluding carboxylic acids is 1. The molecule has 0 atom stereocenters. The third kappa shape index (κ3) is 4.81. The minimum atomic E-state index is -0.867. The summed E-state index contributed by atoms with van der Waals surface area (Å²) in [6, 6.07) is 1.86. The van der Waals surface area contributed by atoms with E-state index in [1.54, 1.807) is 11.1 Å². The zero-order valence-electron chi connectivity index (χ0n) is 14.6. The third-order valence-corrected chi connectivity index (χ3v) is 3.66. The predicted octanol–water partition coefficient (Wildman–Crippen LogP) is 3.04. The molecule has 6 nitrogen and oxygen atoms in total. The number of ether oxygens (including phenoxy) is 1. The summed E-state index contributed by atoms with van der Waals surface area (Å²) in [5.41, 5.74) is 3.09. The van der Waals surface area contributed by atoms with Gasteiger partial charge in [-0.25, -0.2) is 4.79 Å². The quantitative estimate of drug-likeness (QED) is 0.920. The average Bonchev–Trinajstić information content (AvgIpc) is 2.45. The summed E-state index contributed by atoms with van der Waals surface area (Å²) >= 11 is 0. The maximum atomic E-state index is 12.1. The van der Waals surface area contributed by atoms with Gasteiger partial charge >= 0.3 is 12.1 Å². The molecule has 0 aromatic carbocycles. The fourth-order valence-electron chi connectivity index (χ4n) is 2.62. The van der Waals surface area contributed by atoms with E-state index in [-0.39, 0.29) is 12.5 Å². The highest BCUT2D eigenvalue weighted by Gasteiger charge is 2.24. The number of hydrogen-bond donors (Lipinski definition) is 1. The molecule has 1 aromatic heterocycles. The molecule has 1 aliphatic rings. The van der Waals surface area contributed by atoms with Crippen LogP contribution in [0.3, 0.4) is 0 Å². The number of amides is 1. The minimum Gasteiger partial charge on any atom is -0.481 e. The second kappa shape index (κ2) is 7.03. The molecule has 1 N–H and O–H groups in total. The van der Waals surface area contributed by atoms with Gasteiger partial charge in [0.1, 0.15) is 5.60 Å². The Bertz CT molecular complexity index is 674. The molecule has 1 aliphatic heterocycles. The summed E-state index contributed by atoms with van der Waals surface area (Å²) in [6.45, 7) is 8.54. The summed E-state index contributed by atoms with van der Waals surface area (Å²) < 4.78 is 5.38. The topological polar surface area (TPSA) is 79.7 Å².